The van der Waals surface area contributed by atoms with Crippen LogP contribution >= 0.6 is 0 Å². The molecule has 3 heterocycles. The maximum Gasteiger partial charge on any atom is 0.247 e. The second-order valence-corrected chi connectivity index (χ2v) is 6.94. The maximum absolute atomic E-state index is 14.0. The highest BCUT2D eigenvalue weighted by Crippen LogP contribution is 2.22. The molecule has 2 aromatic rings. The third-order valence-corrected chi connectivity index (χ3v) is 5.22. The molecular weight excluding hydrogens is 331 g/mol. The highest BCUT2D eigenvalue weighted by molar-refractivity contribution is 5.50. The number of halogens is 1. The standard InChI is InChI=1S/C19H25FN6/c20-16-7-3-4-8-17(16)24-11-13-26(14-12-24)19-22-18(15-21-23-19)25-9-5-1-2-6-10-25/h3-4,7-8,15H,1-2,5-6,9-14H2. The molecule has 4 rings (SSSR count). The molecule has 7 heteroatoms. The van der Waals surface area contributed by atoms with Gasteiger partial charge in [-0.15, -0.1) is 5.10 Å². The van der Waals surface area contributed by atoms with Gasteiger partial charge >= 0.3 is 0 Å². The van der Waals surface area contributed by atoms with Gasteiger partial charge in [-0.25, -0.2) is 4.39 Å². The first-order valence-corrected chi connectivity index (χ1v) is 9.50. The van der Waals surface area contributed by atoms with Gasteiger partial charge < -0.3 is 14.7 Å². The average Bonchev–Trinajstić information content (AvgIpc) is 2.98. The fourth-order valence-electron chi connectivity index (χ4n) is 3.73. The number of piperazine rings is 1. The van der Waals surface area contributed by atoms with Crippen molar-refractivity contribution in [1.29, 1.82) is 0 Å². The van der Waals surface area contributed by atoms with Crippen molar-refractivity contribution >= 4 is 17.5 Å². The topological polar surface area (TPSA) is 48.4 Å². The Bertz CT molecular complexity index is 723. The minimum absolute atomic E-state index is 0.165. The number of aromatic nitrogens is 3. The summed E-state index contributed by atoms with van der Waals surface area (Å²) < 4.78 is 14.0. The second-order valence-electron chi connectivity index (χ2n) is 6.94. The molecule has 0 amide bonds. The number of rotatable bonds is 3. The average molecular weight is 356 g/mol. The maximum atomic E-state index is 14.0. The second kappa shape index (κ2) is 7.85. The first kappa shape index (κ1) is 17.0. The lowest BCUT2D eigenvalue weighted by Crippen LogP contribution is -2.47. The molecule has 26 heavy (non-hydrogen) atoms. The molecule has 0 radical (unpaired) electrons. The van der Waals surface area contributed by atoms with E-state index >= 15 is 0 Å². The van der Waals surface area contributed by atoms with Crippen LogP contribution in [0.2, 0.25) is 0 Å². The van der Waals surface area contributed by atoms with Gasteiger partial charge in [0.2, 0.25) is 5.95 Å². The number of benzene rings is 1. The van der Waals surface area contributed by atoms with Crippen molar-refractivity contribution in [2.24, 2.45) is 0 Å². The van der Waals surface area contributed by atoms with Crippen molar-refractivity contribution in [3.8, 4) is 0 Å². The molecule has 0 N–H and O–H groups in total. The van der Waals surface area contributed by atoms with E-state index in [4.69, 9.17) is 4.98 Å². The lowest BCUT2D eigenvalue weighted by molar-refractivity contribution is 0.592. The molecule has 2 fully saturated rings. The van der Waals surface area contributed by atoms with E-state index < -0.39 is 0 Å². The lowest BCUT2D eigenvalue weighted by atomic mass is 10.2. The highest BCUT2D eigenvalue weighted by atomic mass is 19.1. The Morgan fingerprint density at radius 3 is 2.19 bits per heavy atom. The monoisotopic (exact) mass is 356 g/mol. The van der Waals surface area contributed by atoms with E-state index in [-0.39, 0.29) is 5.82 Å². The van der Waals surface area contributed by atoms with Gasteiger partial charge in [0.25, 0.3) is 0 Å². The Morgan fingerprint density at radius 2 is 1.46 bits per heavy atom. The van der Waals surface area contributed by atoms with E-state index in [1.54, 1.807) is 12.3 Å². The summed E-state index contributed by atoms with van der Waals surface area (Å²) in [6, 6.07) is 6.95. The van der Waals surface area contributed by atoms with Crippen LogP contribution in [0.3, 0.4) is 0 Å². The summed E-state index contributed by atoms with van der Waals surface area (Å²) in [5, 5.41) is 8.43. The fraction of sp³-hybridized carbons (Fsp3) is 0.526. The van der Waals surface area contributed by atoms with E-state index in [0.717, 1.165) is 45.1 Å². The summed E-state index contributed by atoms with van der Waals surface area (Å²) in [5.41, 5.74) is 0.671. The molecular formula is C19H25FN6. The van der Waals surface area contributed by atoms with Gasteiger partial charge in [-0.2, -0.15) is 10.1 Å². The zero-order valence-electron chi connectivity index (χ0n) is 15.0. The molecule has 1 aromatic carbocycles. The van der Waals surface area contributed by atoms with Crippen molar-refractivity contribution in [1.82, 2.24) is 15.2 Å². The zero-order chi connectivity index (χ0) is 17.8. The summed E-state index contributed by atoms with van der Waals surface area (Å²) in [6.45, 7) is 5.10. The molecule has 2 aliphatic rings. The molecule has 1 aromatic heterocycles. The Morgan fingerprint density at radius 1 is 0.769 bits per heavy atom. The van der Waals surface area contributed by atoms with Gasteiger partial charge in [-0.1, -0.05) is 25.0 Å². The van der Waals surface area contributed by atoms with Crippen LogP contribution in [0.5, 0.6) is 0 Å². The van der Waals surface area contributed by atoms with E-state index in [2.05, 4.69) is 24.9 Å². The van der Waals surface area contributed by atoms with Gasteiger partial charge in [0.1, 0.15) is 5.82 Å². The Balaban J connectivity index is 1.43. The summed E-state index contributed by atoms with van der Waals surface area (Å²) in [5.74, 6) is 1.44. The molecule has 6 nitrogen and oxygen atoms in total. The largest absolute Gasteiger partial charge is 0.366 e. The van der Waals surface area contributed by atoms with Crippen LogP contribution in [0, 0.1) is 5.82 Å². The molecule has 138 valence electrons. The number of hydrogen-bond donors (Lipinski definition) is 0. The van der Waals surface area contributed by atoms with Gasteiger partial charge in [-0.05, 0) is 25.0 Å². The number of para-hydroxylation sites is 1. The molecule has 0 aliphatic carbocycles. The first-order valence-electron chi connectivity index (χ1n) is 9.50. The van der Waals surface area contributed by atoms with Gasteiger partial charge in [0, 0.05) is 39.3 Å². The predicted octanol–water partition coefficient (Wildman–Crippen LogP) is 2.72. The Labute approximate surface area is 153 Å². The molecule has 0 spiro atoms. The Kier molecular flexibility index (Phi) is 5.13. The molecule has 2 saturated heterocycles. The van der Waals surface area contributed by atoms with E-state index in [1.165, 1.54) is 31.7 Å². The van der Waals surface area contributed by atoms with Crippen LogP contribution in [0.4, 0.5) is 21.8 Å². The quantitative estimate of drug-likeness (QED) is 0.843. The minimum atomic E-state index is -0.165. The smallest absolute Gasteiger partial charge is 0.247 e. The van der Waals surface area contributed by atoms with E-state index in [1.807, 2.05) is 12.1 Å². The van der Waals surface area contributed by atoms with Crippen LogP contribution < -0.4 is 14.7 Å². The van der Waals surface area contributed by atoms with Crippen molar-refractivity contribution < 1.29 is 4.39 Å². The predicted molar refractivity (Wildman–Crippen MR) is 101 cm³/mol. The van der Waals surface area contributed by atoms with Crippen molar-refractivity contribution in [2.75, 3.05) is 54.0 Å². The van der Waals surface area contributed by atoms with Crippen LogP contribution in [0.15, 0.2) is 30.5 Å². The third kappa shape index (κ3) is 3.71. The van der Waals surface area contributed by atoms with E-state index in [0.29, 0.717) is 11.6 Å². The molecule has 0 saturated carbocycles. The lowest BCUT2D eigenvalue weighted by Gasteiger charge is -2.36. The Hall–Kier alpha value is -2.44. The molecule has 0 atom stereocenters. The summed E-state index contributed by atoms with van der Waals surface area (Å²) in [7, 11) is 0. The molecule has 0 unspecified atom stereocenters. The van der Waals surface area contributed by atoms with Gasteiger partial charge in [-0.3, -0.25) is 0 Å². The number of anilines is 3. The summed E-state index contributed by atoms with van der Waals surface area (Å²) in [6.07, 6.45) is 6.77. The normalized spacial score (nSPS) is 18.7. The fourth-order valence-corrected chi connectivity index (χ4v) is 3.73. The van der Waals surface area contributed by atoms with Crippen molar-refractivity contribution in [3.63, 3.8) is 0 Å². The number of hydrogen-bond acceptors (Lipinski definition) is 6. The van der Waals surface area contributed by atoms with Gasteiger partial charge in [0.15, 0.2) is 5.82 Å². The van der Waals surface area contributed by atoms with Crippen LogP contribution in [-0.4, -0.2) is 54.4 Å². The molecule has 0 bridgehead atoms. The van der Waals surface area contributed by atoms with Crippen LogP contribution in [-0.2, 0) is 0 Å². The van der Waals surface area contributed by atoms with Crippen molar-refractivity contribution in [3.05, 3.63) is 36.3 Å². The third-order valence-electron chi connectivity index (χ3n) is 5.22. The van der Waals surface area contributed by atoms with Crippen molar-refractivity contribution in [2.45, 2.75) is 25.7 Å². The number of nitrogens with zero attached hydrogens (tertiary/aromatic N) is 6. The summed E-state index contributed by atoms with van der Waals surface area (Å²) in [4.78, 5) is 11.3. The van der Waals surface area contributed by atoms with Crippen LogP contribution in [0.25, 0.3) is 0 Å². The highest BCUT2D eigenvalue weighted by Gasteiger charge is 2.22. The van der Waals surface area contributed by atoms with Gasteiger partial charge in [0.05, 0.1) is 11.9 Å². The first-order chi connectivity index (χ1) is 12.8. The molecule has 2 aliphatic heterocycles. The van der Waals surface area contributed by atoms with E-state index in [9.17, 15) is 4.39 Å². The van der Waals surface area contributed by atoms with Crippen LogP contribution in [0.1, 0.15) is 25.7 Å². The summed E-state index contributed by atoms with van der Waals surface area (Å²) >= 11 is 0. The zero-order valence-corrected chi connectivity index (χ0v) is 15.0. The minimum Gasteiger partial charge on any atom is -0.366 e. The SMILES string of the molecule is Fc1ccccc1N1CCN(c2nncc(N3CCCCCC3)n2)CC1.